The maximum atomic E-state index is 14.4. The number of amides is 2. The molecule has 4 aromatic heterocycles. The fraction of sp³-hybridized carbons (Fsp3) is 0.429. The first-order valence-corrected chi connectivity index (χ1v) is 14.8. The average molecular weight is 662 g/mol. The predicted molar refractivity (Wildman–Crippen MR) is 158 cm³/mol. The summed E-state index contributed by atoms with van der Waals surface area (Å²) in [6.45, 7) is -0.109. The summed E-state index contributed by atoms with van der Waals surface area (Å²) in [5, 5.41) is 12.0. The highest BCUT2D eigenvalue weighted by molar-refractivity contribution is 6.32. The van der Waals surface area contributed by atoms with Gasteiger partial charge in [0.15, 0.2) is 5.82 Å². The minimum atomic E-state index is -4.71. The number of aromatic amines is 1. The normalized spacial score (nSPS) is 18.9. The molecule has 0 unspecified atom stereocenters. The summed E-state index contributed by atoms with van der Waals surface area (Å²) in [6.07, 6.45) is 6.07. The molecule has 4 heterocycles. The van der Waals surface area contributed by atoms with Crippen LogP contribution in [0.25, 0.3) is 22.6 Å². The zero-order chi connectivity index (χ0) is 32.5. The lowest BCUT2D eigenvalue weighted by atomic mass is 9.90. The zero-order valence-electron chi connectivity index (χ0n) is 24.4. The SMILES string of the molecule is COc1ncc(-c2cnc(N(C(=O)NCC3(F)CC3)C3CCC(Nc4ncc(C(F)(F)F)c(-c5[nH]ncc5Cl)n4)CC3)cn2)cn1. The summed E-state index contributed by atoms with van der Waals surface area (Å²) in [5.41, 5.74) is -1.87. The number of rotatable bonds is 9. The molecule has 0 bridgehead atoms. The van der Waals surface area contributed by atoms with Gasteiger partial charge >= 0.3 is 18.2 Å². The molecule has 0 aliphatic heterocycles. The third-order valence-electron chi connectivity index (χ3n) is 7.88. The quantitative estimate of drug-likeness (QED) is 0.203. The number of hydrogen-bond acceptors (Lipinski definition) is 10. The Kier molecular flexibility index (Phi) is 8.59. The van der Waals surface area contributed by atoms with Crippen LogP contribution in [-0.2, 0) is 6.18 Å². The van der Waals surface area contributed by atoms with Gasteiger partial charge in [-0.05, 0) is 38.5 Å². The second-order valence-electron chi connectivity index (χ2n) is 11.1. The van der Waals surface area contributed by atoms with E-state index in [2.05, 4.69) is 50.7 Å². The van der Waals surface area contributed by atoms with Crippen molar-refractivity contribution in [3.05, 3.63) is 47.8 Å². The molecule has 242 valence electrons. The van der Waals surface area contributed by atoms with Gasteiger partial charge in [-0.15, -0.1) is 0 Å². The maximum Gasteiger partial charge on any atom is 0.420 e. The number of nitrogens with zero attached hydrogens (tertiary/aromatic N) is 8. The Morgan fingerprint density at radius 1 is 1.04 bits per heavy atom. The van der Waals surface area contributed by atoms with Crippen molar-refractivity contribution in [3.8, 4) is 28.7 Å². The van der Waals surface area contributed by atoms with Gasteiger partial charge in [0.1, 0.15) is 22.6 Å². The molecule has 3 N–H and O–H groups in total. The van der Waals surface area contributed by atoms with E-state index in [-0.39, 0.29) is 47.1 Å². The lowest BCUT2D eigenvalue weighted by molar-refractivity contribution is -0.137. The number of H-pyrrole nitrogens is 1. The fourth-order valence-electron chi connectivity index (χ4n) is 5.18. The summed E-state index contributed by atoms with van der Waals surface area (Å²) < 4.78 is 60.4. The molecular weight excluding hydrogens is 634 g/mol. The summed E-state index contributed by atoms with van der Waals surface area (Å²) in [6, 6.07) is -0.810. The number of anilines is 2. The van der Waals surface area contributed by atoms with Gasteiger partial charge in [-0.3, -0.25) is 15.0 Å². The van der Waals surface area contributed by atoms with Gasteiger partial charge in [0.2, 0.25) is 5.95 Å². The van der Waals surface area contributed by atoms with Crippen LogP contribution in [0.4, 0.5) is 34.1 Å². The second-order valence-corrected chi connectivity index (χ2v) is 11.5. The minimum Gasteiger partial charge on any atom is -0.467 e. The van der Waals surface area contributed by atoms with E-state index in [1.807, 2.05) is 0 Å². The van der Waals surface area contributed by atoms with Crippen LogP contribution in [0.1, 0.15) is 44.1 Å². The molecular formula is C28H28ClF4N11O2. The smallest absolute Gasteiger partial charge is 0.420 e. The molecule has 13 nitrogen and oxygen atoms in total. The first kappa shape index (κ1) is 31.3. The van der Waals surface area contributed by atoms with Gasteiger partial charge in [0, 0.05) is 36.2 Å². The van der Waals surface area contributed by atoms with E-state index >= 15 is 0 Å². The topological polar surface area (TPSA) is 160 Å². The number of carbonyl (C=O) groups excluding carboxylic acids is 1. The molecule has 0 atom stereocenters. The molecule has 2 saturated carbocycles. The number of nitrogens with one attached hydrogen (secondary N) is 3. The van der Waals surface area contributed by atoms with Crippen molar-refractivity contribution in [2.24, 2.45) is 0 Å². The van der Waals surface area contributed by atoms with E-state index in [0.29, 0.717) is 56.0 Å². The molecule has 18 heteroatoms. The molecule has 0 radical (unpaired) electrons. The van der Waals surface area contributed by atoms with E-state index in [1.165, 1.54) is 43.0 Å². The second kappa shape index (κ2) is 12.6. The molecule has 0 aromatic carbocycles. The number of ether oxygens (including phenoxy) is 1. The van der Waals surface area contributed by atoms with Crippen LogP contribution in [0.5, 0.6) is 6.01 Å². The van der Waals surface area contributed by atoms with Gasteiger partial charge in [-0.25, -0.2) is 34.1 Å². The van der Waals surface area contributed by atoms with Gasteiger partial charge in [0.05, 0.1) is 43.0 Å². The van der Waals surface area contributed by atoms with Crippen molar-refractivity contribution >= 4 is 29.4 Å². The Bertz CT molecular complexity index is 1680. The van der Waals surface area contributed by atoms with Crippen LogP contribution >= 0.6 is 11.6 Å². The molecule has 46 heavy (non-hydrogen) atoms. The van der Waals surface area contributed by atoms with Gasteiger partial charge < -0.3 is 15.4 Å². The number of hydrogen-bond donors (Lipinski definition) is 3. The number of carbonyl (C=O) groups is 1. The Morgan fingerprint density at radius 2 is 1.78 bits per heavy atom. The zero-order valence-corrected chi connectivity index (χ0v) is 25.1. The molecule has 4 aromatic rings. The van der Waals surface area contributed by atoms with E-state index in [4.69, 9.17) is 16.3 Å². The Morgan fingerprint density at radius 3 is 2.37 bits per heavy atom. The summed E-state index contributed by atoms with van der Waals surface area (Å²) in [7, 11) is 1.46. The summed E-state index contributed by atoms with van der Waals surface area (Å²) in [5.74, 6) is 0.274. The van der Waals surface area contributed by atoms with Gasteiger partial charge in [-0.2, -0.15) is 18.3 Å². The van der Waals surface area contributed by atoms with E-state index in [0.717, 1.165) is 0 Å². The minimum absolute atomic E-state index is 0.00615. The average Bonchev–Trinajstić information content (AvgIpc) is 3.64. The third-order valence-corrected chi connectivity index (χ3v) is 8.16. The Balaban J connectivity index is 1.17. The molecule has 2 aliphatic carbocycles. The third kappa shape index (κ3) is 6.93. The summed E-state index contributed by atoms with van der Waals surface area (Å²) in [4.78, 5) is 40.0. The number of methoxy groups -OCH3 is 1. The highest BCUT2D eigenvalue weighted by Gasteiger charge is 2.44. The van der Waals surface area contributed by atoms with Crippen molar-refractivity contribution in [1.29, 1.82) is 0 Å². The molecule has 2 amide bonds. The maximum absolute atomic E-state index is 14.4. The van der Waals surface area contributed by atoms with E-state index in [1.54, 1.807) is 0 Å². The number of urea groups is 1. The number of alkyl halides is 4. The van der Waals surface area contributed by atoms with Crippen molar-refractivity contribution in [2.45, 2.75) is 62.5 Å². The van der Waals surface area contributed by atoms with Crippen molar-refractivity contribution < 1.29 is 27.1 Å². The molecule has 2 aliphatic rings. The van der Waals surface area contributed by atoms with Crippen LogP contribution in [0.15, 0.2) is 37.2 Å². The lowest BCUT2D eigenvalue weighted by Crippen LogP contribution is -2.50. The monoisotopic (exact) mass is 661 g/mol. The largest absolute Gasteiger partial charge is 0.467 e. The molecule has 0 spiro atoms. The van der Waals surface area contributed by atoms with E-state index < -0.39 is 29.1 Å². The van der Waals surface area contributed by atoms with Crippen LogP contribution in [0.2, 0.25) is 5.02 Å². The molecule has 2 fully saturated rings. The van der Waals surface area contributed by atoms with Crippen molar-refractivity contribution in [3.63, 3.8) is 0 Å². The number of halogens is 5. The van der Waals surface area contributed by atoms with Gasteiger partial charge in [0.25, 0.3) is 0 Å². The van der Waals surface area contributed by atoms with E-state index in [9.17, 15) is 22.4 Å². The molecule has 6 rings (SSSR count). The number of aromatic nitrogens is 8. The Hall–Kier alpha value is -4.67. The molecule has 0 saturated heterocycles. The van der Waals surface area contributed by atoms with Crippen LogP contribution < -0.4 is 20.3 Å². The van der Waals surface area contributed by atoms with Crippen LogP contribution in [0.3, 0.4) is 0 Å². The van der Waals surface area contributed by atoms with Crippen molar-refractivity contribution in [1.82, 2.24) is 45.4 Å². The first-order valence-electron chi connectivity index (χ1n) is 14.4. The predicted octanol–water partition coefficient (Wildman–Crippen LogP) is 5.24. The summed E-state index contributed by atoms with van der Waals surface area (Å²) >= 11 is 6.04. The van der Waals surface area contributed by atoms with Gasteiger partial charge in [-0.1, -0.05) is 11.6 Å². The highest BCUT2D eigenvalue weighted by atomic mass is 35.5. The van der Waals surface area contributed by atoms with Crippen LogP contribution in [-0.4, -0.2) is 77.5 Å². The Labute approximate surface area is 264 Å². The highest BCUT2D eigenvalue weighted by Crippen LogP contribution is 2.39. The standard InChI is InChI=1S/C28H28ClF4N11O2/c1-46-25-37-8-15(9-38-25)20-12-35-21(13-34-20)44(26(45)39-14-27(30)6-7-27)17-4-2-16(3-5-17)41-24-36-10-18(28(31,32)33)22(42-24)23-19(29)11-40-43-23/h8-13,16-17H,2-7,14H2,1H3,(H,39,45)(H,40,43)(H,36,41,42). The van der Waals surface area contributed by atoms with Crippen LogP contribution in [0, 0.1) is 0 Å². The van der Waals surface area contributed by atoms with Crippen molar-refractivity contribution in [2.75, 3.05) is 23.9 Å². The fourth-order valence-corrected chi connectivity index (χ4v) is 5.37. The lowest BCUT2D eigenvalue weighted by Gasteiger charge is -2.36. The first-order chi connectivity index (χ1) is 22.0.